The lowest BCUT2D eigenvalue weighted by Gasteiger charge is -2.55. The molecule has 7 rings (SSSR count). The normalized spacial score (nSPS) is 17.8. The Labute approximate surface area is 301 Å². The van der Waals surface area contributed by atoms with Gasteiger partial charge < -0.3 is 25.5 Å². The second-order valence-electron chi connectivity index (χ2n) is 12.8. The monoisotopic (exact) mass is 700 g/mol. The SMILES string of the molecule is C=CCN1CC(=O)N2[C@@H](Cc3ccc(O)cc3)C(=O)N(Cc3csc4ccc(NCc5ccccc5)cc34)C[C@@H]2N1C(=O)NCc1ccccc1. The number of hydrogen-bond donors (Lipinski definition) is 3. The quantitative estimate of drug-likeness (QED) is 0.147. The maximum atomic E-state index is 14.5. The average molecular weight is 701 g/mol. The lowest BCUT2D eigenvalue weighted by atomic mass is 9.98. The highest BCUT2D eigenvalue weighted by atomic mass is 32.1. The number of hydrogen-bond acceptors (Lipinski definition) is 7. The fraction of sp³-hybridized carbons (Fsp3) is 0.225. The Morgan fingerprint density at radius 2 is 1.61 bits per heavy atom. The molecule has 0 radical (unpaired) electrons. The van der Waals surface area contributed by atoms with Gasteiger partial charge in [-0.3, -0.25) is 9.59 Å². The summed E-state index contributed by atoms with van der Waals surface area (Å²) in [5.41, 5.74) is 4.89. The zero-order valence-electron chi connectivity index (χ0n) is 28.2. The molecule has 2 atom stereocenters. The first-order valence-electron chi connectivity index (χ1n) is 17.0. The molecule has 2 aliphatic rings. The van der Waals surface area contributed by atoms with Gasteiger partial charge in [0.2, 0.25) is 11.8 Å². The number of phenols is 1. The van der Waals surface area contributed by atoms with Crippen LogP contribution in [0, 0.1) is 0 Å². The summed E-state index contributed by atoms with van der Waals surface area (Å²) >= 11 is 1.62. The first kappa shape index (κ1) is 33.8. The molecule has 4 amide bonds. The second kappa shape index (κ2) is 15.1. The molecule has 2 aliphatic heterocycles. The number of nitrogens with zero attached hydrogens (tertiary/aromatic N) is 4. The molecule has 3 heterocycles. The Morgan fingerprint density at radius 1 is 0.902 bits per heavy atom. The van der Waals surface area contributed by atoms with Crippen LogP contribution in [0.5, 0.6) is 5.75 Å². The summed E-state index contributed by atoms with van der Waals surface area (Å²) < 4.78 is 1.11. The number of benzene rings is 4. The van der Waals surface area contributed by atoms with Crippen molar-refractivity contribution in [1.29, 1.82) is 0 Å². The van der Waals surface area contributed by atoms with E-state index in [0.29, 0.717) is 19.6 Å². The third-order valence-corrected chi connectivity index (χ3v) is 10.4. The summed E-state index contributed by atoms with van der Waals surface area (Å²) in [5, 5.41) is 22.9. The van der Waals surface area contributed by atoms with E-state index in [2.05, 4.69) is 52.9 Å². The Morgan fingerprint density at radius 3 is 2.31 bits per heavy atom. The number of urea groups is 1. The minimum Gasteiger partial charge on any atom is -0.508 e. The summed E-state index contributed by atoms with van der Waals surface area (Å²) in [6.07, 6.45) is 1.15. The highest BCUT2D eigenvalue weighted by Crippen LogP contribution is 2.33. The molecule has 10 nitrogen and oxygen atoms in total. The predicted octanol–water partition coefficient (Wildman–Crippen LogP) is 5.96. The van der Waals surface area contributed by atoms with Crippen molar-refractivity contribution >= 4 is 45.0 Å². The van der Waals surface area contributed by atoms with Crippen molar-refractivity contribution in [3.63, 3.8) is 0 Å². The Bertz CT molecular complexity index is 2020. The van der Waals surface area contributed by atoms with E-state index in [0.717, 1.165) is 32.5 Å². The van der Waals surface area contributed by atoms with Crippen molar-refractivity contribution in [2.75, 3.05) is 25.0 Å². The fourth-order valence-corrected chi connectivity index (χ4v) is 7.81. The van der Waals surface area contributed by atoms with Crippen molar-refractivity contribution in [3.05, 3.63) is 143 Å². The molecular weight excluding hydrogens is 661 g/mol. The third-order valence-electron chi connectivity index (χ3n) is 9.38. The number of thiophene rings is 1. The number of fused-ring (bicyclic) bond motifs is 2. The fourth-order valence-electron chi connectivity index (χ4n) is 6.87. The van der Waals surface area contributed by atoms with Gasteiger partial charge in [-0.2, -0.15) is 0 Å². The van der Waals surface area contributed by atoms with Gasteiger partial charge in [-0.15, -0.1) is 17.9 Å². The van der Waals surface area contributed by atoms with E-state index in [1.807, 2.05) is 48.5 Å². The number of nitrogens with one attached hydrogen (secondary N) is 2. The number of piperazine rings is 1. The molecule has 3 N–H and O–H groups in total. The molecule has 2 saturated heterocycles. The minimum absolute atomic E-state index is 0.0748. The van der Waals surface area contributed by atoms with E-state index < -0.39 is 12.2 Å². The molecule has 0 saturated carbocycles. The van der Waals surface area contributed by atoms with Gasteiger partial charge in [0.05, 0.1) is 13.1 Å². The number of carbonyl (C=O) groups excluding carboxylic acids is 3. The Balaban J connectivity index is 1.20. The van der Waals surface area contributed by atoms with Gasteiger partial charge in [-0.25, -0.2) is 14.8 Å². The lowest BCUT2D eigenvalue weighted by molar-refractivity contribution is -0.189. The molecular formula is C40H40N6O4S. The third kappa shape index (κ3) is 7.45. The van der Waals surface area contributed by atoms with E-state index in [1.54, 1.807) is 61.5 Å². The summed E-state index contributed by atoms with van der Waals surface area (Å²) in [7, 11) is 0. The number of carbonyl (C=O) groups is 3. The maximum absolute atomic E-state index is 14.5. The molecule has 51 heavy (non-hydrogen) atoms. The van der Waals surface area contributed by atoms with Crippen molar-refractivity contribution in [2.45, 2.75) is 38.3 Å². The zero-order valence-corrected chi connectivity index (χ0v) is 29.0. The molecule has 0 unspecified atom stereocenters. The van der Waals surface area contributed by atoms with Crippen molar-refractivity contribution < 1.29 is 19.5 Å². The Kier molecular flexibility index (Phi) is 10.0. The molecule has 0 bridgehead atoms. The molecule has 5 aromatic rings. The number of rotatable bonds is 11. The summed E-state index contributed by atoms with van der Waals surface area (Å²) in [6.45, 7) is 5.51. The van der Waals surface area contributed by atoms with E-state index in [-0.39, 0.29) is 49.7 Å². The molecule has 0 spiro atoms. The topological polar surface area (TPSA) is 108 Å². The molecule has 4 aromatic carbocycles. The van der Waals surface area contributed by atoms with Crippen LogP contribution in [-0.4, -0.2) is 74.6 Å². The molecule has 2 fully saturated rings. The molecule has 0 aliphatic carbocycles. The standard InChI is InChI=1S/C40H40N6O4S/c1-2-19-44-26-38(48)45-35(20-28-13-16-33(47)17-14-28)39(49)43(25-37(45)46(44)40(50)42-23-30-11-7-4-8-12-30)24-31-27-51-36-18-15-32(21-34(31)36)41-22-29-9-5-3-6-10-29/h2-18,21,27,35,37,41,47H,1,19-20,22-26H2,(H,42,50)/t35-,37-/m0/s1. The van der Waals surface area contributed by atoms with Gasteiger partial charge in [0.25, 0.3) is 0 Å². The van der Waals surface area contributed by atoms with Crippen LogP contribution in [0.2, 0.25) is 0 Å². The van der Waals surface area contributed by atoms with E-state index in [1.165, 1.54) is 5.56 Å². The van der Waals surface area contributed by atoms with Crippen LogP contribution in [0.25, 0.3) is 10.1 Å². The average Bonchev–Trinajstić information content (AvgIpc) is 3.55. The number of anilines is 1. The number of phenolic OH excluding ortho intramolecular Hbond substituents is 1. The summed E-state index contributed by atoms with van der Waals surface area (Å²) in [5.74, 6) is -0.307. The van der Waals surface area contributed by atoms with Crippen molar-refractivity contribution in [3.8, 4) is 5.75 Å². The van der Waals surface area contributed by atoms with Crippen LogP contribution in [0.15, 0.2) is 121 Å². The molecule has 260 valence electrons. The van der Waals surface area contributed by atoms with Crippen LogP contribution in [0.4, 0.5) is 10.5 Å². The van der Waals surface area contributed by atoms with Crippen molar-refractivity contribution in [1.82, 2.24) is 25.1 Å². The van der Waals surface area contributed by atoms with Gasteiger partial charge in [0.15, 0.2) is 0 Å². The number of aromatic hydroxyl groups is 1. The lowest BCUT2D eigenvalue weighted by Crippen LogP contribution is -2.76. The summed E-state index contributed by atoms with van der Waals surface area (Å²) in [6, 6.07) is 31.6. The van der Waals surface area contributed by atoms with Crippen molar-refractivity contribution in [2.24, 2.45) is 0 Å². The van der Waals surface area contributed by atoms with Crippen LogP contribution in [-0.2, 0) is 35.6 Å². The van der Waals surface area contributed by atoms with Gasteiger partial charge in [0, 0.05) is 43.0 Å². The summed E-state index contributed by atoms with van der Waals surface area (Å²) in [4.78, 5) is 45.9. The van der Waals surface area contributed by atoms with E-state index in [9.17, 15) is 19.5 Å². The van der Waals surface area contributed by atoms with Crippen LogP contribution in [0.3, 0.4) is 0 Å². The first-order valence-corrected chi connectivity index (χ1v) is 17.9. The van der Waals surface area contributed by atoms with Crippen LogP contribution >= 0.6 is 11.3 Å². The first-order chi connectivity index (χ1) is 24.9. The van der Waals surface area contributed by atoms with Crippen LogP contribution < -0.4 is 10.6 Å². The minimum atomic E-state index is -0.857. The molecule has 11 heteroatoms. The number of amides is 4. The highest BCUT2D eigenvalue weighted by molar-refractivity contribution is 7.17. The van der Waals surface area contributed by atoms with Gasteiger partial charge in [-0.05, 0) is 63.4 Å². The largest absolute Gasteiger partial charge is 0.508 e. The number of hydrazine groups is 1. The molecule has 1 aromatic heterocycles. The second-order valence-corrected chi connectivity index (χ2v) is 13.7. The van der Waals surface area contributed by atoms with Gasteiger partial charge in [0.1, 0.15) is 18.0 Å². The van der Waals surface area contributed by atoms with Gasteiger partial charge >= 0.3 is 6.03 Å². The van der Waals surface area contributed by atoms with E-state index in [4.69, 9.17) is 0 Å². The smallest absolute Gasteiger partial charge is 0.334 e. The van der Waals surface area contributed by atoms with E-state index >= 15 is 0 Å². The van der Waals surface area contributed by atoms with Gasteiger partial charge in [-0.1, -0.05) is 78.9 Å². The highest BCUT2D eigenvalue weighted by Gasteiger charge is 2.51. The Hall–Kier alpha value is -5.65. The van der Waals surface area contributed by atoms with Crippen LogP contribution in [0.1, 0.15) is 22.3 Å². The predicted molar refractivity (Wildman–Crippen MR) is 200 cm³/mol. The maximum Gasteiger partial charge on any atom is 0.334 e. The zero-order chi connectivity index (χ0) is 35.3.